The number of aromatic nitrogens is 1. The molecule has 2 aromatic rings. The lowest BCUT2D eigenvalue weighted by molar-refractivity contribution is 0.417. The second kappa shape index (κ2) is 3.82. The molecule has 3 fully saturated rings. The van der Waals surface area contributed by atoms with Crippen molar-refractivity contribution in [2.45, 2.75) is 25.3 Å². The summed E-state index contributed by atoms with van der Waals surface area (Å²) < 4.78 is 0. The van der Waals surface area contributed by atoms with Gasteiger partial charge in [-0.1, -0.05) is 18.2 Å². The highest BCUT2D eigenvalue weighted by molar-refractivity contribution is 5.78. The molecule has 1 aromatic heterocycles. The van der Waals surface area contributed by atoms with Crippen molar-refractivity contribution in [3.8, 4) is 0 Å². The third-order valence-corrected chi connectivity index (χ3v) is 6.21. The molecule has 2 bridgehead atoms. The smallest absolute Gasteiger partial charge is 0.0702 e. The van der Waals surface area contributed by atoms with E-state index in [2.05, 4.69) is 29.2 Å². The molecule has 0 radical (unpaired) electrons. The molecule has 0 saturated heterocycles. The van der Waals surface area contributed by atoms with Crippen molar-refractivity contribution < 1.29 is 0 Å². The largest absolute Gasteiger partial charge is 0.324 e. The molecule has 5 atom stereocenters. The van der Waals surface area contributed by atoms with Crippen LogP contribution in [0.4, 0.5) is 0 Å². The van der Waals surface area contributed by atoms with E-state index < -0.39 is 0 Å². The molecule has 2 N–H and O–H groups in total. The van der Waals surface area contributed by atoms with Gasteiger partial charge in [0.15, 0.2) is 0 Å². The van der Waals surface area contributed by atoms with E-state index in [1.807, 2.05) is 12.3 Å². The fraction of sp³-hybridized carbons (Fsp3) is 0.500. The molecule has 20 heavy (non-hydrogen) atoms. The van der Waals surface area contributed by atoms with Crippen molar-refractivity contribution in [2.75, 3.05) is 0 Å². The summed E-state index contributed by atoms with van der Waals surface area (Å²) in [5.41, 5.74) is 8.90. The minimum Gasteiger partial charge on any atom is -0.324 e. The number of hydrogen-bond donors (Lipinski definition) is 1. The van der Waals surface area contributed by atoms with Gasteiger partial charge in [0.05, 0.1) is 5.52 Å². The van der Waals surface area contributed by atoms with E-state index in [1.165, 1.54) is 30.2 Å². The number of hydrogen-bond acceptors (Lipinski definition) is 2. The topological polar surface area (TPSA) is 38.9 Å². The average molecular weight is 264 g/mol. The summed E-state index contributed by atoms with van der Waals surface area (Å²) in [6.45, 7) is 0. The summed E-state index contributed by atoms with van der Waals surface area (Å²) in [6, 6.07) is 10.8. The summed E-state index contributed by atoms with van der Waals surface area (Å²) in [6.07, 6.45) is 6.42. The molecular weight excluding hydrogens is 244 g/mol. The molecular formula is C18H20N2. The number of nitrogens with zero attached hydrogens (tertiary/aromatic N) is 1. The monoisotopic (exact) mass is 264 g/mol. The number of para-hydroxylation sites is 1. The fourth-order valence-corrected chi connectivity index (χ4v) is 5.37. The number of rotatable bonds is 2. The second-order valence-electron chi connectivity index (χ2n) is 7.05. The van der Waals surface area contributed by atoms with Gasteiger partial charge in [-0.15, -0.1) is 0 Å². The van der Waals surface area contributed by atoms with Crippen LogP contribution in [-0.4, -0.2) is 4.98 Å². The van der Waals surface area contributed by atoms with Crippen molar-refractivity contribution in [1.29, 1.82) is 0 Å². The molecule has 1 heterocycles. The maximum atomic E-state index is 6.59. The average Bonchev–Trinajstić information content (AvgIpc) is 2.93. The van der Waals surface area contributed by atoms with Gasteiger partial charge in [-0.25, -0.2) is 0 Å². The van der Waals surface area contributed by atoms with E-state index in [4.69, 9.17) is 5.73 Å². The van der Waals surface area contributed by atoms with Crippen molar-refractivity contribution in [3.63, 3.8) is 0 Å². The Hall–Kier alpha value is -1.41. The minimum atomic E-state index is 0.200. The Kier molecular flexibility index (Phi) is 2.15. The highest BCUT2D eigenvalue weighted by Crippen LogP contribution is 2.71. The Morgan fingerprint density at radius 2 is 1.85 bits per heavy atom. The molecule has 0 spiro atoms. The van der Waals surface area contributed by atoms with E-state index >= 15 is 0 Å². The summed E-state index contributed by atoms with van der Waals surface area (Å²) >= 11 is 0. The van der Waals surface area contributed by atoms with Crippen molar-refractivity contribution in [1.82, 2.24) is 4.98 Å². The van der Waals surface area contributed by atoms with Crippen LogP contribution in [0, 0.1) is 29.6 Å². The lowest BCUT2D eigenvalue weighted by atomic mass is 9.94. The normalized spacial score (nSPS) is 39.0. The Labute approximate surface area is 119 Å². The maximum Gasteiger partial charge on any atom is 0.0702 e. The summed E-state index contributed by atoms with van der Waals surface area (Å²) in [7, 11) is 0. The molecule has 2 nitrogen and oxygen atoms in total. The third-order valence-electron chi connectivity index (χ3n) is 6.21. The first-order chi connectivity index (χ1) is 9.83. The van der Waals surface area contributed by atoms with Crippen LogP contribution < -0.4 is 5.73 Å². The molecule has 5 rings (SSSR count). The van der Waals surface area contributed by atoms with E-state index in [0.29, 0.717) is 0 Å². The van der Waals surface area contributed by atoms with Crippen LogP contribution in [0.2, 0.25) is 0 Å². The number of pyridine rings is 1. The predicted octanol–water partition coefficient (Wildman–Crippen LogP) is 3.53. The maximum absolute atomic E-state index is 6.59. The van der Waals surface area contributed by atoms with Gasteiger partial charge >= 0.3 is 0 Å². The van der Waals surface area contributed by atoms with Gasteiger partial charge in [0.2, 0.25) is 0 Å². The molecule has 1 aromatic carbocycles. The lowest BCUT2D eigenvalue weighted by Crippen LogP contribution is -2.17. The van der Waals surface area contributed by atoms with Crippen LogP contribution in [0.25, 0.3) is 10.9 Å². The van der Waals surface area contributed by atoms with Crippen LogP contribution in [0.5, 0.6) is 0 Å². The fourth-order valence-electron chi connectivity index (χ4n) is 5.37. The van der Waals surface area contributed by atoms with Gasteiger partial charge in [-0.05, 0) is 66.5 Å². The van der Waals surface area contributed by atoms with E-state index in [1.54, 1.807) is 0 Å². The van der Waals surface area contributed by atoms with Crippen LogP contribution in [0.1, 0.15) is 30.9 Å². The molecule has 2 heteroatoms. The SMILES string of the molecule is NC(c1cnc2ccccc2c1)C1C2C3CCC(C3)C21. The number of benzene rings is 1. The zero-order chi connectivity index (χ0) is 13.3. The van der Waals surface area contributed by atoms with E-state index in [9.17, 15) is 0 Å². The highest BCUT2D eigenvalue weighted by Gasteiger charge is 2.66. The molecule has 3 aliphatic rings. The van der Waals surface area contributed by atoms with E-state index in [-0.39, 0.29) is 6.04 Å². The first-order valence-electron chi connectivity index (χ1n) is 7.93. The molecule has 5 unspecified atom stereocenters. The second-order valence-corrected chi connectivity index (χ2v) is 7.05. The highest BCUT2D eigenvalue weighted by atomic mass is 14.8. The predicted molar refractivity (Wildman–Crippen MR) is 80.0 cm³/mol. The van der Waals surface area contributed by atoms with Crippen LogP contribution in [-0.2, 0) is 0 Å². The Balaban J connectivity index is 1.47. The van der Waals surface area contributed by atoms with Crippen LogP contribution in [0.15, 0.2) is 36.5 Å². The van der Waals surface area contributed by atoms with Gasteiger partial charge < -0.3 is 5.73 Å². The molecule has 0 aliphatic heterocycles. The Morgan fingerprint density at radius 3 is 2.65 bits per heavy atom. The molecule has 3 aliphatic carbocycles. The quantitative estimate of drug-likeness (QED) is 0.901. The van der Waals surface area contributed by atoms with Crippen LogP contribution >= 0.6 is 0 Å². The van der Waals surface area contributed by atoms with Gasteiger partial charge in [0.25, 0.3) is 0 Å². The molecule has 3 saturated carbocycles. The standard InChI is InChI=1S/C18H20N2/c19-18(17-15-11-5-6-12(8-11)16(15)17)13-7-10-3-1-2-4-14(10)20-9-13/h1-4,7,9,11-12,15-18H,5-6,8,19H2. The van der Waals surface area contributed by atoms with Crippen molar-refractivity contribution in [2.24, 2.45) is 35.3 Å². The van der Waals surface area contributed by atoms with Crippen molar-refractivity contribution in [3.05, 3.63) is 42.1 Å². The van der Waals surface area contributed by atoms with Crippen molar-refractivity contribution >= 4 is 10.9 Å². The summed E-state index contributed by atoms with van der Waals surface area (Å²) in [5.74, 6) is 4.61. The van der Waals surface area contributed by atoms with Gasteiger partial charge in [-0.3, -0.25) is 4.98 Å². The Bertz CT molecular complexity index is 664. The van der Waals surface area contributed by atoms with Gasteiger partial charge in [0, 0.05) is 17.6 Å². The first-order valence-corrected chi connectivity index (χ1v) is 7.93. The lowest BCUT2D eigenvalue weighted by Gasteiger charge is -2.16. The molecule has 102 valence electrons. The van der Waals surface area contributed by atoms with Gasteiger partial charge in [-0.2, -0.15) is 0 Å². The first kappa shape index (κ1) is 11.3. The summed E-state index contributed by atoms with van der Waals surface area (Å²) in [4.78, 5) is 4.58. The minimum absolute atomic E-state index is 0.200. The third kappa shape index (κ3) is 1.40. The van der Waals surface area contributed by atoms with E-state index in [0.717, 1.165) is 35.1 Å². The number of fused-ring (bicyclic) bond motifs is 6. The number of nitrogens with two attached hydrogens (primary N) is 1. The Morgan fingerprint density at radius 1 is 1.10 bits per heavy atom. The molecule has 0 amide bonds. The zero-order valence-electron chi connectivity index (χ0n) is 11.6. The van der Waals surface area contributed by atoms with Gasteiger partial charge in [0.1, 0.15) is 0 Å². The summed E-state index contributed by atoms with van der Waals surface area (Å²) in [5, 5.41) is 1.22. The van der Waals surface area contributed by atoms with Crippen LogP contribution in [0.3, 0.4) is 0 Å². The zero-order valence-corrected chi connectivity index (χ0v) is 11.6.